The Kier molecular flexibility index (Phi) is 4.14. The van der Waals surface area contributed by atoms with Crippen LogP contribution in [0.2, 0.25) is 5.02 Å². The van der Waals surface area contributed by atoms with Crippen molar-refractivity contribution in [2.24, 2.45) is 0 Å². The first-order valence-corrected chi connectivity index (χ1v) is 6.35. The Hall–Kier alpha value is 0.290. The maximum absolute atomic E-state index is 11.3. The summed E-state index contributed by atoms with van der Waals surface area (Å²) in [5.41, 5.74) is -0.0179. The molecule has 1 aromatic rings. The molecular weight excluding hydrogens is 306 g/mol. The third kappa shape index (κ3) is 2.52. The number of rotatable bonds is 3. The molecule has 0 unspecified atom stereocenters. The first kappa shape index (κ1) is 13.4. The van der Waals surface area contributed by atoms with Crippen LogP contribution in [0.5, 0.6) is 0 Å². The molecule has 0 radical (unpaired) electrons. The van der Waals surface area contributed by atoms with Gasteiger partial charge in [-0.3, -0.25) is 0 Å². The summed E-state index contributed by atoms with van der Waals surface area (Å²) in [6, 6.07) is 5.93. The monoisotopic (exact) mass is 308 g/mol. The third-order valence-electron chi connectivity index (χ3n) is 1.58. The summed E-state index contributed by atoms with van der Waals surface area (Å²) in [5.74, 6) is 0. The Morgan fingerprint density at radius 2 is 1.73 bits per heavy atom. The largest absolute Gasteiger partial charge is 0.322 e. The summed E-state index contributed by atoms with van der Waals surface area (Å²) in [4.78, 5) is 0. The number of alkyl halides is 2. The lowest BCUT2D eigenvalue weighted by molar-refractivity contribution is 0.501. The molecule has 84 valence electrons. The minimum Gasteiger partial charge on any atom is -0.194 e. The predicted octanol–water partition coefficient (Wildman–Crippen LogP) is 3.43. The van der Waals surface area contributed by atoms with Gasteiger partial charge in [0.05, 0.1) is 11.9 Å². The second kappa shape index (κ2) is 4.65. The van der Waals surface area contributed by atoms with Gasteiger partial charge in [-0.2, -0.15) is 12.2 Å². The standard InChI is InChI=1S/C7H4Cl4O3S/c8-6-4-2-1-3-5(6)7(9,10)15(12,13)14-11/h1-4H. The van der Waals surface area contributed by atoms with Crippen LogP contribution in [0, 0.1) is 0 Å². The Morgan fingerprint density at radius 1 is 1.20 bits per heavy atom. The van der Waals surface area contributed by atoms with Crippen molar-refractivity contribution in [3.05, 3.63) is 34.9 Å². The van der Waals surface area contributed by atoms with Gasteiger partial charge in [-0.05, 0) is 6.07 Å². The Bertz CT molecular complexity index is 457. The van der Waals surface area contributed by atoms with Crippen molar-refractivity contribution in [2.75, 3.05) is 0 Å². The first-order chi connectivity index (χ1) is 6.83. The van der Waals surface area contributed by atoms with Gasteiger partial charge in [-0.25, -0.2) is 0 Å². The van der Waals surface area contributed by atoms with E-state index in [9.17, 15) is 8.42 Å². The van der Waals surface area contributed by atoms with Gasteiger partial charge in [0, 0.05) is 10.6 Å². The maximum Gasteiger partial charge on any atom is 0.322 e. The summed E-state index contributed by atoms with van der Waals surface area (Å²) < 4.78 is 24.0. The van der Waals surface area contributed by atoms with Crippen LogP contribution in [0.25, 0.3) is 0 Å². The fraction of sp³-hybridized carbons (Fsp3) is 0.143. The van der Waals surface area contributed by atoms with Gasteiger partial charge < -0.3 is 0 Å². The predicted molar refractivity (Wildman–Crippen MR) is 60.7 cm³/mol. The lowest BCUT2D eigenvalue weighted by atomic mass is 10.2. The SMILES string of the molecule is O=S(=O)(OCl)C(Cl)(Cl)c1ccccc1Cl. The molecule has 15 heavy (non-hydrogen) atoms. The van der Waals surface area contributed by atoms with Crippen molar-refractivity contribution < 1.29 is 12.2 Å². The van der Waals surface area contributed by atoms with Crippen LogP contribution in [0.3, 0.4) is 0 Å². The molecule has 0 N–H and O–H groups in total. The van der Waals surface area contributed by atoms with Crippen LogP contribution >= 0.6 is 46.7 Å². The van der Waals surface area contributed by atoms with Crippen molar-refractivity contribution in [3.63, 3.8) is 0 Å². The molecule has 0 aliphatic rings. The van der Waals surface area contributed by atoms with Gasteiger partial charge in [-0.15, -0.1) is 0 Å². The van der Waals surface area contributed by atoms with Crippen molar-refractivity contribution >= 4 is 56.8 Å². The topological polar surface area (TPSA) is 43.4 Å². The molecule has 8 heteroatoms. The van der Waals surface area contributed by atoms with Gasteiger partial charge in [-0.1, -0.05) is 53.0 Å². The number of hydrogen-bond donors (Lipinski definition) is 0. The molecule has 0 saturated carbocycles. The average molecular weight is 310 g/mol. The number of halogens is 4. The van der Waals surface area contributed by atoms with E-state index in [4.69, 9.17) is 46.7 Å². The lowest BCUT2D eigenvalue weighted by Gasteiger charge is -2.18. The summed E-state index contributed by atoms with van der Waals surface area (Å²) in [6.45, 7) is 0. The molecule has 0 amide bonds. The molecule has 1 rings (SSSR count). The quantitative estimate of drug-likeness (QED) is 0.803. The first-order valence-electron chi connectivity index (χ1n) is 3.50. The van der Waals surface area contributed by atoms with E-state index >= 15 is 0 Å². The number of hydrogen-bond acceptors (Lipinski definition) is 3. The highest BCUT2D eigenvalue weighted by molar-refractivity contribution is 7.91. The molecule has 0 aliphatic heterocycles. The molecule has 0 spiro atoms. The fourth-order valence-corrected chi connectivity index (χ4v) is 2.82. The van der Waals surface area contributed by atoms with E-state index in [1.807, 2.05) is 0 Å². The van der Waals surface area contributed by atoms with Crippen molar-refractivity contribution in [3.8, 4) is 0 Å². The summed E-state index contributed by atoms with van der Waals surface area (Å²) in [5, 5.41) is 0.0970. The Balaban J connectivity index is 3.36. The van der Waals surface area contributed by atoms with Gasteiger partial charge in [0.25, 0.3) is 3.67 Å². The summed E-state index contributed by atoms with van der Waals surface area (Å²) in [6.07, 6.45) is 0. The van der Waals surface area contributed by atoms with Crippen molar-refractivity contribution in [1.82, 2.24) is 0 Å². The fourth-order valence-electron chi connectivity index (χ4n) is 0.871. The molecule has 0 heterocycles. The molecule has 0 atom stereocenters. The minimum absolute atomic E-state index is 0.0179. The highest BCUT2D eigenvalue weighted by Crippen LogP contribution is 2.43. The van der Waals surface area contributed by atoms with Crippen LogP contribution in [-0.2, 0) is 17.5 Å². The zero-order valence-electron chi connectivity index (χ0n) is 6.95. The van der Waals surface area contributed by atoms with Crippen LogP contribution in [-0.4, -0.2) is 8.42 Å². The Morgan fingerprint density at radius 3 is 2.20 bits per heavy atom. The number of benzene rings is 1. The van der Waals surface area contributed by atoms with Gasteiger partial charge in [0.1, 0.15) is 0 Å². The van der Waals surface area contributed by atoms with E-state index < -0.39 is 13.8 Å². The molecular formula is C7H4Cl4O3S. The van der Waals surface area contributed by atoms with E-state index in [1.165, 1.54) is 18.2 Å². The molecule has 0 fully saturated rings. The van der Waals surface area contributed by atoms with Gasteiger partial charge in [0.2, 0.25) is 0 Å². The van der Waals surface area contributed by atoms with Gasteiger partial charge in [0.15, 0.2) is 0 Å². The zero-order chi connectivity index (χ0) is 11.7. The van der Waals surface area contributed by atoms with Crippen LogP contribution in [0.15, 0.2) is 24.3 Å². The summed E-state index contributed by atoms with van der Waals surface area (Å²) >= 11 is 21.8. The van der Waals surface area contributed by atoms with E-state index in [2.05, 4.69) is 3.74 Å². The highest BCUT2D eigenvalue weighted by Gasteiger charge is 2.44. The van der Waals surface area contributed by atoms with E-state index in [0.29, 0.717) is 0 Å². The van der Waals surface area contributed by atoms with Crippen molar-refractivity contribution in [2.45, 2.75) is 3.67 Å². The molecule has 3 nitrogen and oxygen atoms in total. The normalized spacial score (nSPS) is 12.8. The second-order valence-electron chi connectivity index (χ2n) is 2.51. The average Bonchev–Trinajstić information content (AvgIpc) is 2.18. The smallest absolute Gasteiger partial charge is 0.194 e. The Labute approximate surface area is 107 Å². The summed E-state index contributed by atoms with van der Waals surface area (Å²) in [7, 11) is -4.36. The van der Waals surface area contributed by atoms with Crippen LogP contribution in [0.1, 0.15) is 5.56 Å². The van der Waals surface area contributed by atoms with Gasteiger partial charge >= 0.3 is 10.1 Å². The zero-order valence-corrected chi connectivity index (χ0v) is 10.8. The molecule has 0 saturated heterocycles. The molecule has 0 aliphatic carbocycles. The van der Waals surface area contributed by atoms with E-state index in [0.717, 1.165) is 0 Å². The van der Waals surface area contributed by atoms with Crippen molar-refractivity contribution in [1.29, 1.82) is 0 Å². The molecule has 0 aromatic heterocycles. The minimum atomic E-state index is -4.36. The molecule has 1 aromatic carbocycles. The third-order valence-corrected chi connectivity index (χ3v) is 4.97. The lowest BCUT2D eigenvalue weighted by Crippen LogP contribution is -2.24. The second-order valence-corrected chi connectivity index (χ2v) is 6.72. The van der Waals surface area contributed by atoms with E-state index in [-0.39, 0.29) is 10.6 Å². The highest BCUT2D eigenvalue weighted by atomic mass is 35.5. The molecule has 0 bridgehead atoms. The maximum atomic E-state index is 11.3. The van der Waals surface area contributed by atoms with Crippen LogP contribution in [0.4, 0.5) is 0 Å². The van der Waals surface area contributed by atoms with Crippen LogP contribution < -0.4 is 0 Å². The van der Waals surface area contributed by atoms with E-state index in [1.54, 1.807) is 6.07 Å².